The molecule has 0 bridgehead atoms. The van der Waals surface area contributed by atoms with Crippen LogP contribution < -0.4 is 14.5 Å². The van der Waals surface area contributed by atoms with Gasteiger partial charge in [0.25, 0.3) is 0 Å². The number of pyridine rings is 1. The van der Waals surface area contributed by atoms with Gasteiger partial charge in [0, 0.05) is 31.9 Å². The first-order chi connectivity index (χ1) is 18.5. The van der Waals surface area contributed by atoms with Crippen LogP contribution in [-0.2, 0) is 11.0 Å². The van der Waals surface area contributed by atoms with Crippen LogP contribution >= 0.6 is 0 Å². The van der Waals surface area contributed by atoms with Gasteiger partial charge >= 0.3 is 0 Å². The highest BCUT2D eigenvalue weighted by atomic mass is 32.2. The summed E-state index contributed by atoms with van der Waals surface area (Å²) in [7, 11) is -1.36. The van der Waals surface area contributed by atoms with Gasteiger partial charge in [0.15, 0.2) is 11.6 Å². The number of aromatic nitrogens is 4. The van der Waals surface area contributed by atoms with Crippen molar-refractivity contribution in [3.05, 3.63) is 42.3 Å². The van der Waals surface area contributed by atoms with Crippen LogP contribution in [0.15, 0.2) is 36.5 Å². The lowest BCUT2D eigenvalue weighted by Gasteiger charge is -2.35. The van der Waals surface area contributed by atoms with Gasteiger partial charge < -0.3 is 19.6 Å². The van der Waals surface area contributed by atoms with E-state index in [9.17, 15) is 8.60 Å². The Bertz CT molecular complexity index is 1310. The van der Waals surface area contributed by atoms with Crippen molar-refractivity contribution in [3.8, 4) is 17.1 Å². The molecule has 1 aromatic carbocycles. The summed E-state index contributed by atoms with van der Waals surface area (Å²) in [5.41, 5.74) is 4.29. The molecule has 6 rings (SSSR count). The lowest BCUT2D eigenvalue weighted by molar-refractivity contribution is 0.321. The molecule has 1 atom stereocenters. The summed E-state index contributed by atoms with van der Waals surface area (Å²) < 4.78 is 31.6. The molecule has 2 N–H and O–H groups in total. The molecule has 3 aliphatic rings. The lowest BCUT2D eigenvalue weighted by Crippen LogP contribution is -2.35. The van der Waals surface area contributed by atoms with Crippen molar-refractivity contribution in [2.45, 2.75) is 44.9 Å². The summed E-state index contributed by atoms with van der Waals surface area (Å²) >= 11 is 0. The molecule has 1 saturated carbocycles. The van der Waals surface area contributed by atoms with Gasteiger partial charge in [0.1, 0.15) is 16.7 Å². The molecule has 2 saturated heterocycles. The van der Waals surface area contributed by atoms with Crippen LogP contribution in [-0.4, -0.2) is 67.8 Å². The number of halogens is 1. The third kappa shape index (κ3) is 5.26. The van der Waals surface area contributed by atoms with E-state index in [1.165, 1.54) is 31.7 Å². The molecular weight excluding hydrogens is 505 g/mol. The van der Waals surface area contributed by atoms with E-state index in [0.717, 1.165) is 62.5 Å². The first kappa shape index (κ1) is 25.2. The van der Waals surface area contributed by atoms with Crippen LogP contribution in [0.1, 0.15) is 44.9 Å². The number of hydrogen-bond acceptors (Lipinski definition) is 7. The predicted octanol–water partition coefficient (Wildman–Crippen LogP) is 3.91. The van der Waals surface area contributed by atoms with Crippen LogP contribution in [0.25, 0.3) is 17.1 Å². The first-order valence-electron chi connectivity index (χ1n) is 13.5. The van der Waals surface area contributed by atoms with Crippen molar-refractivity contribution < 1.29 is 13.7 Å². The Labute approximate surface area is 224 Å². The minimum absolute atomic E-state index is 0.141. The molecule has 38 heavy (non-hydrogen) atoms. The molecule has 202 valence electrons. The number of benzene rings is 1. The Hall–Kier alpha value is -3.05. The zero-order chi connectivity index (χ0) is 26.1. The highest BCUT2D eigenvalue weighted by molar-refractivity contribution is 7.86. The van der Waals surface area contributed by atoms with Crippen molar-refractivity contribution in [1.82, 2.24) is 20.0 Å². The fourth-order valence-corrected chi connectivity index (χ4v) is 6.26. The lowest BCUT2D eigenvalue weighted by atomic mass is 9.93. The maximum Gasteiger partial charge on any atom is 0.165 e. The van der Waals surface area contributed by atoms with E-state index < -0.39 is 11.0 Å². The minimum Gasteiger partial charge on any atom is -0.395 e. The maximum atomic E-state index is 14.6. The molecule has 11 heteroatoms. The third-order valence-corrected chi connectivity index (χ3v) is 9.11. The summed E-state index contributed by atoms with van der Waals surface area (Å²) in [6, 6.07) is 8.94. The Morgan fingerprint density at radius 3 is 2.47 bits per heavy atom. The highest BCUT2D eigenvalue weighted by Crippen LogP contribution is 2.54. The van der Waals surface area contributed by atoms with Crippen molar-refractivity contribution in [3.63, 3.8) is 0 Å². The van der Waals surface area contributed by atoms with Gasteiger partial charge in [-0.25, -0.2) is 18.3 Å². The number of rotatable bonds is 8. The first-order valence-corrected chi connectivity index (χ1v) is 14.8. The molecule has 0 radical (unpaired) electrons. The fourth-order valence-electron chi connectivity index (χ4n) is 5.60. The predicted molar refractivity (Wildman–Crippen MR) is 147 cm³/mol. The number of aliphatic hydroxyl groups is 1. The van der Waals surface area contributed by atoms with Crippen LogP contribution in [0, 0.1) is 11.2 Å². The summed E-state index contributed by atoms with van der Waals surface area (Å²) in [6.07, 6.45) is 10.1. The average Bonchev–Trinajstić information content (AvgIpc) is 3.50. The summed E-state index contributed by atoms with van der Waals surface area (Å²) in [4.78, 5) is 9.01. The minimum atomic E-state index is -1.36. The molecule has 9 nitrogen and oxygen atoms in total. The van der Waals surface area contributed by atoms with E-state index >= 15 is 0 Å². The monoisotopic (exact) mass is 539 g/mol. The maximum absolute atomic E-state index is 14.6. The second-order valence-corrected chi connectivity index (χ2v) is 12.0. The normalized spacial score (nSPS) is 19.5. The van der Waals surface area contributed by atoms with Crippen LogP contribution in [0.5, 0.6) is 0 Å². The highest BCUT2D eigenvalue weighted by Gasteiger charge is 2.44. The van der Waals surface area contributed by atoms with E-state index in [4.69, 9.17) is 5.11 Å². The molecule has 2 aromatic heterocycles. The van der Waals surface area contributed by atoms with Gasteiger partial charge in [0.2, 0.25) is 0 Å². The van der Waals surface area contributed by atoms with E-state index in [1.807, 2.05) is 29.3 Å². The average molecular weight is 540 g/mol. The molecule has 1 spiro atoms. The topological polar surface area (TPSA) is 99.4 Å². The SMILES string of the molecule is O=S(CCO)Nc1ccc(-n2cc(-c3ccc(F)c(N4CCCCC4)n3)nn2)c(N2CCC3(CC2)CC3)c1. The molecule has 1 aliphatic carbocycles. The summed E-state index contributed by atoms with van der Waals surface area (Å²) in [6.45, 7) is 3.39. The van der Waals surface area contributed by atoms with Crippen molar-refractivity contribution in [2.24, 2.45) is 5.41 Å². The molecule has 2 aliphatic heterocycles. The molecular formula is C27H34FN7O2S. The van der Waals surface area contributed by atoms with Gasteiger partial charge in [-0.15, -0.1) is 5.10 Å². The van der Waals surface area contributed by atoms with Crippen LogP contribution in [0.3, 0.4) is 0 Å². The van der Waals surface area contributed by atoms with E-state index in [2.05, 4.69) is 24.9 Å². The Kier molecular flexibility index (Phi) is 7.05. The molecule has 0 amide bonds. The van der Waals surface area contributed by atoms with E-state index in [0.29, 0.717) is 22.6 Å². The number of anilines is 3. The number of piperidine rings is 2. The Balaban J connectivity index is 1.30. The van der Waals surface area contributed by atoms with Gasteiger partial charge in [-0.2, -0.15) is 0 Å². The quantitative estimate of drug-likeness (QED) is 0.448. The zero-order valence-electron chi connectivity index (χ0n) is 21.5. The molecule has 1 unspecified atom stereocenters. The van der Waals surface area contributed by atoms with Gasteiger partial charge in [-0.3, -0.25) is 0 Å². The molecule has 3 aromatic rings. The standard InChI is InChI=1S/C27H34FN7O2S/c28-21-5-6-22(29-26(21)34-12-2-1-3-13-34)23-19-35(32-30-23)24-7-4-20(31-38(37)17-16-36)18-25(24)33-14-10-27(8-9-27)11-15-33/h4-7,18-19,31,36H,1-3,8-17H2. The summed E-state index contributed by atoms with van der Waals surface area (Å²) in [5.74, 6) is 0.233. The van der Waals surface area contributed by atoms with Gasteiger partial charge in [0.05, 0.1) is 35.6 Å². The van der Waals surface area contributed by atoms with Crippen LogP contribution in [0.2, 0.25) is 0 Å². The van der Waals surface area contributed by atoms with Crippen molar-refractivity contribution in [1.29, 1.82) is 0 Å². The number of hydrogen-bond donors (Lipinski definition) is 2. The van der Waals surface area contributed by atoms with Crippen LogP contribution in [0.4, 0.5) is 21.6 Å². The summed E-state index contributed by atoms with van der Waals surface area (Å²) in [5, 5.41) is 18.0. The Morgan fingerprint density at radius 2 is 1.74 bits per heavy atom. The molecule has 4 heterocycles. The second kappa shape index (κ2) is 10.6. The molecule has 3 fully saturated rings. The third-order valence-electron chi connectivity index (χ3n) is 8.09. The fraction of sp³-hybridized carbons (Fsp3) is 0.519. The van der Waals surface area contributed by atoms with E-state index in [-0.39, 0.29) is 18.2 Å². The largest absolute Gasteiger partial charge is 0.395 e. The van der Waals surface area contributed by atoms with Gasteiger partial charge in [-0.1, -0.05) is 5.21 Å². The van der Waals surface area contributed by atoms with Crippen molar-refractivity contribution >= 4 is 28.2 Å². The second-order valence-electron chi connectivity index (χ2n) is 10.7. The number of nitrogens with zero attached hydrogens (tertiary/aromatic N) is 6. The van der Waals surface area contributed by atoms with E-state index in [1.54, 1.807) is 10.7 Å². The van der Waals surface area contributed by atoms with Crippen molar-refractivity contribution in [2.75, 3.05) is 53.1 Å². The number of nitrogens with one attached hydrogen (secondary N) is 1. The van der Waals surface area contributed by atoms with Gasteiger partial charge in [-0.05, 0) is 80.7 Å². The smallest absolute Gasteiger partial charge is 0.165 e. The zero-order valence-corrected chi connectivity index (χ0v) is 22.3. The number of aliphatic hydroxyl groups excluding tert-OH is 1. The Morgan fingerprint density at radius 1 is 0.947 bits per heavy atom.